The van der Waals surface area contributed by atoms with Crippen molar-refractivity contribution >= 4 is 33.0 Å². The number of nitrogens with one attached hydrogen (secondary N) is 1. The van der Waals surface area contributed by atoms with Crippen LogP contribution in [0.5, 0.6) is 0 Å². The van der Waals surface area contributed by atoms with E-state index in [1.54, 1.807) is 0 Å². The van der Waals surface area contributed by atoms with Crippen molar-refractivity contribution in [1.82, 2.24) is 0 Å². The number of para-hydroxylation sites is 1. The summed E-state index contributed by atoms with van der Waals surface area (Å²) in [5.74, 6) is 0.984. The Morgan fingerprint density at radius 1 is 1.14 bits per heavy atom. The molecule has 6 heteroatoms. The lowest BCUT2D eigenvalue weighted by atomic mass is 9.67. The number of amidine groups is 1. The first-order valence-electron chi connectivity index (χ1n) is 9.69. The van der Waals surface area contributed by atoms with Crippen LogP contribution in [0.2, 0.25) is 5.02 Å². The normalized spacial score (nSPS) is 26.1. The molecule has 1 aliphatic carbocycles. The van der Waals surface area contributed by atoms with E-state index in [-0.39, 0.29) is 10.7 Å². The Morgan fingerprint density at radius 2 is 1.89 bits per heavy atom. The average molecular weight is 417 g/mol. The minimum atomic E-state index is -2.99. The Bertz CT molecular complexity index is 1010. The number of fused-ring (bicyclic) bond motifs is 1. The second-order valence-corrected chi connectivity index (χ2v) is 10.8. The molecule has 1 heterocycles. The summed E-state index contributed by atoms with van der Waals surface area (Å²) < 4.78 is 24.0. The third kappa shape index (κ3) is 3.96. The van der Waals surface area contributed by atoms with Gasteiger partial charge in [-0.1, -0.05) is 41.9 Å². The molecule has 1 aliphatic heterocycles. The number of nitrogens with zero attached hydrogens (tertiary/aromatic N) is 1. The molecule has 0 radical (unpaired) electrons. The van der Waals surface area contributed by atoms with Crippen molar-refractivity contribution < 1.29 is 8.42 Å². The Balaban J connectivity index is 1.65. The van der Waals surface area contributed by atoms with Crippen molar-refractivity contribution in [3.8, 4) is 0 Å². The average Bonchev–Trinajstić information content (AvgIpc) is 2.66. The maximum Gasteiger partial charge on any atom is 0.150 e. The third-order valence-corrected chi connectivity index (χ3v) is 8.02. The SMILES string of the molecule is CS(=O)(=O)C1CCC2(CC1)Cc1ccccc1NC2=NCc1cccc(Cl)c1. The zero-order valence-electron chi connectivity index (χ0n) is 16.0. The number of halogens is 1. The molecule has 2 aliphatic rings. The lowest BCUT2D eigenvalue weighted by Gasteiger charge is -2.44. The summed E-state index contributed by atoms with van der Waals surface area (Å²) in [6.07, 6.45) is 5.32. The minimum Gasteiger partial charge on any atom is -0.343 e. The quantitative estimate of drug-likeness (QED) is 0.775. The summed E-state index contributed by atoms with van der Waals surface area (Å²) in [5, 5.41) is 4.04. The van der Waals surface area contributed by atoms with Crippen LogP contribution in [0.3, 0.4) is 0 Å². The van der Waals surface area contributed by atoms with Gasteiger partial charge >= 0.3 is 0 Å². The first-order valence-corrected chi connectivity index (χ1v) is 12.0. The summed E-state index contributed by atoms with van der Waals surface area (Å²) in [6.45, 7) is 0.558. The van der Waals surface area contributed by atoms with Crippen molar-refractivity contribution in [3.63, 3.8) is 0 Å². The second-order valence-electron chi connectivity index (χ2n) is 8.06. The van der Waals surface area contributed by atoms with Gasteiger partial charge in [0, 0.05) is 22.4 Å². The molecule has 1 N–H and O–H groups in total. The van der Waals surface area contributed by atoms with E-state index in [1.165, 1.54) is 11.8 Å². The summed E-state index contributed by atoms with van der Waals surface area (Å²) >= 11 is 6.11. The molecular formula is C22H25ClN2O2S. The number of aliphatic imine (C=N–C) groups is 1. The largest absolute Gasteiger partial charge is 0.343 e. The molecule has 28 heavy (non-hydrogen) atoms. The zero-order chi connectivity index (χ0) is 19.8. The van der Waals surface area contributed by atoms with E-state index >= 15 is 0 Å². The van der Waals surface area contributed by atoms with Gasteiger partial charge in [0.15, 0.2) is 0 Å². The molecule has 148 valence electrons. The van der Waals surface area contributed by atoms with Gasteiger partial charge in [-0.3, -0.25) is 4.99 Å². The van der Waals surface area contributed by atoms with Gasteiger partial charge < -0.3 is 5.32 Å². The van der Waals surface area contributed by atoms with Gasteiger partial charge in [-0.25, -0.2) is 8.42 Å². The highest BCUT2D eigenvalue weighted by Gasteiger charge is 2.44. The van der Waals surface area contributed by atoms with Gasteiger partial charge in [0.1, 0.15) is 15.7 Å². The predicted octanol–water partition coefficient (Wildman–Crippen LogP) is 4.88. The lowest BCUT2D eigenvalue weighted by molar-refractivity contribution is 0.279. The number of hydrogen-bond acceptors (Lipinski definition) is 3. The van der Waals surface area contributed by atoms with Crippen LogP contribution in [0, 0.1) is 5.41 Å². The molecule has 4 nitrogen and oxygen atoms in total. The molecule has 1 spiro atoms. The number of benzene rings is 2. The Morgan fingerprint density at radius 3 is 2.61 bits per heavy atom. The topological polar surface area (TPSA) is 58.5 Å². The maximum atomic E-state index is 12.0. The fraction of sp³-hybridized carbons (Fsp3) is 0.409. The van der Waals surface area contributed by atoms with E-state index in [0.29, 0.717) is 24.4 Å². The predicted molar refractivity (Wildman–Crippen MR) is 116 cm³/mol. The fourth-order valence-corrected chi connectivity index (χ4v) is 5.81. The number of rotatable bonds is 3. The van der Waals surface area contributed by atoms with Crippen molar-refractivity contribution in [3.05, 3.63) is 64.7 Å². The van der Waals surface area contributed by atoms with Gasteiger partial charge in [-0.2, -0.15) is 0 Å². The zero-order valence-corrected chi connectivity index (χ0v) is 17.6. The second kappa shape index (κ2) is 7.53. The first kappa shape index (κ1) is 19.5. The molecule has 0 bridgehead atoms. The smallest absolute Gasteiger partial charge is 0.150 e. The van der Waals surface area contributed by atoms with E-state index in [0.717, 1.165) is 36.3 Å². The highest BCUT2D eigenvalue weighted by Crippen LogP contribution is 2.46. The van der Waals surface area contributed by atoms with Crippen molar-refractivity contribution in [2.24, 2.45) is 10.4 Å². The Labute approximate surface area is 172 Å². The van der Waals surface area contributed by atoms with Crippen molar-refractivity contribution in [2.75, 3.05) is 11.6 Å². The monoisotopic (exact) mass is 416 g/mol. The van der Waals surface area contributed by atoms with Gasteiger partial charge in [0.2, 0.25) is 0 Å². The molecule has 0 aromatic heterocycles. The van der Waals surface area contributed by atoms with Crippen LogP contribution in [-0.4, -0.2) is 25.8 Å². The van der Waals surface area contributed by atoms with E-state index < -0.39 is 9.84 Å². The van der Waals surface area contributed by atoms with Crippen LogP contribution >= 0.6 is 11.6 Å². The molecule has 0 amide bonds. The van der Waals surface area contributed by atoms with E-state index in [2.05, 4.69) is 23.5 Å². The molecule has 4 rings (SSSR count). The van der Waals surface area contributed by atoms with Crippen molar-refractivity contribution in [1.29, 1.82) is 0 Å². The highest BCUT2D eigenvalue weighted by atomic mass is 35.5. The van der Waals surface area contributed by atoms with Crippen LogP contribution < -0.4 is 5.32 Å². The molecule has 0 saturated heterocycles. The molecule has 1 fully saturated rings. The molecular weight excluding hydrogens is 392 g/mol. The Kier molecular flexibility index (Phi) is 5.23. The van der Waals surface area contributed by atoms with Crippen LogP contribution in [-0.2, 0) is 22.8 Å². The molecule has 0 atom stereocenters. The number of hydrogen-bond donors (Lipinski definition) is 1. The van der Waals surface area contributed by atoms with Crippen LogP contribution in [0.15, 0.2) is 53.5 Å². The van der Waals surface area contributed by atoms with Gasteiger partial charge in [0.05, 0.1) is 11.8 Å². The standard InChI is InChI=1S/C22H25ClN2O2S/c1-28(26,27)19-9-11-22(12-10-19)14-17-6-2-3-8-20(17)25-21(22)24-15-16-5-4-7-18(23)13-16/h2-8,13,19H,9-12,14-15H2,1H3,(H,24,25). The van der Waals surface area contributed by atoms with E-state index in [9.17, 15) is 8.42 Å². The summed E-state index contributed by atoms with van der Waals surface area (Å²) in [6, 6.07) is 16.1. The van der Waals surface area contributed by atoms with Gasteiger partial charge in [-0.15, -0.1) is 0 Å². The number of sulfone groups is 1. The van der Waals surface area contributed by atoms with Crippen molar-refractivity contribution in [2.45, 2.75) is 43.9 Å². The van der Waals surface area contributed by atoms with E-state index in [4.69, 9.17) is 16.6 Å². The lowest BCUT2D eigenvalue weighted by Crippen LogP contribution is -2.46. The van der Waals surface area contributed by atoms with Gasteiger partial charge in [0.25, 0.3) is 0 Å². The summed E-state index contributed by atoms with van der Waals surface area (Å²) in [4.78, 5) is 4.96. The molecule has 2 aromatic carbocycles. The Hall–Kier alpha value is -1.85. The minimum absolute atomic E-state index is 0.117. The third-order valence-electron chi connectivity index (χ3n) is 6.11. The van der Waals surface area contributed by atoms with Crippen LogP contribution in [0.25, 0.3) is 0 Å². The summed E-state index contributed by atoms with van der Waals surface area (Å²) in [7, 11) is -2.99. The molecule has 1 saturated carbocycles. The summed E-state index contributed by atoms with van der Waals surface area (Å²) in [5.41, 5.74) is 3.33. The number of anilines is 1. The van der Waals surface area contributed by atoms with Crippen LogP contribution in [0.4, 0.5) is 5.69 Å². The highest BCUT2D eigenvalue weighted by molar-refractivity contribution is 7.91. The first-order chi connectivity index (χ1) is 13.4. The van der Waals surface area contributed by atoms with E-state index in [1.807, 2.05) is 30.3 Å². The molecule has 2 aromatic rings. The maximum absolute atomic E-state index is 12.0. The van der Waals surface area contributed by atoms with Gasteiger partial charge in [-0.05, 0) is 61.4 Å². The van der Waals surface area contributed by atoms with Crippen LogP contribution in [0.1, 0.15) is 36.8 Å². The fourth-order valence-electron chi connectivity index (χ4n) is 4.50. The molecule has 0 unspecified atom stereocenters.